The van der Waals surface area contributed by atoms with Gasteiger partial charge in [-0.1, -0.05) is 0 Å². The van der Waals surface area contributed by atoms with E-state index in [1.54, 1.807) is 10.8 Å². The Kier molecular flexibility index (Phi) is 2.28. The standard InChI is InChI=1S/C11H10BrN3O/c12-9-11(16)15(6-7-3-4-7)10-8(14-9)2-1-5-13-10/h1-2,5,7H,3-4,6H2. The lowest BCUT2D eigenvalue weighted by Crippen LogP contribution is -2.24. The van der Waals surface area contributed by atoms with Crippen LogP contribution in [0.3, 0.4) is 0 Å². The van der Waals surface area contributed by atoms with Gasteiger partial charge < -0.3 is 0 Å². The molecule has 1 fully saturated rings. The minimum Gasteiger partial charge on any atom is -0.289 e. The molecule has 1 saturated carbocycles. The monoisotopic (exact) mass is 279 g/mol. The summed E-state index contributed by atoms with van der Waals surface area (Å²) in [6, 6.07) is 3.70. The van der Waals surface area contributed by atoms with Crippen LogP contribution in [0.2, 0.25) is 0 Å². The molecule has 4 nitrogen and oxygen atoms in total. The van der Waals surface area contributed by atoms with Crippen LogP contribution in [0.4, 0.5) is 0 Å². The number of hydrogen-bond donors (Lipinski definition) is 0. The van der Waals surface area contributed by atoms with Crippen LogP contribution < -0.4 is 5.56 Å². The highest BCUT2D eigenvalue weighted by Crippen LogP contribution is 2.30. The molecule has 0 N–H and O–H groups in total. The zero-order chi connectivity index (χ0) is 11.1. The van der Waals surface area contributed by atoms with Crippen LogP contribution in [0.5, 0.6) is 0 Å². The van der Waals surface area contributed by atoms with Crippen LogP contribution in [0.15, 0.2) is 27.7 Å². The highest BCUT2D eigenvalue weighted by atomic mass is 79.9. The fourth-order valence-corrected chi connectivity index (χ4v) is 2.18. The molecule has 0 amide bonds. The van der Waals surface area contributed by atoms with Crippen molar-refractivity contribution in [2.24, 2.45) is 5.92 Å². The molecule has 0 aromatic carbocycles. The molecule has 82 valence electrons. The van der Waals surface area contributed by atoms with Crippen molar-refractivity contribution in [2.75, 3.05) is 0 Å². The SMILES string of the molecule is O=c1c(Br)nc2cccnc2n1CC1CC1. The third kappa shape index (κ3) is 1.65. The highest BCUT2D eigenvalue weighted by molar-refractivity contribution is 9.10. The number of fused-ring (bicyclic) bond motifs is 1. The number of nitrogens with zero attached hydrogens (tertiary/aromatic N) is 3. The molecule has 16 heavy (non-hydrogen) atoms. The summed E-state index contributed by atoms with van der Waals surface area (Å²) in [4.78, 5) is 20.4. The molecule has 2 heterocycles. The van der Waals surface area contributed by atoms with Crippen molar-refractivity contribution >= 4 is 27.1 Å². The molecular formula is C11H10BrN3O. The van der Waals surface area contributed by atoms with Crippen LogP contribution >= 0.6 is 15.9 Å². The molecule has 0 atom stereocenters. The third-order valence-corrected chi connectivity index (χ3v) is 3.32. The number of halogens is 1. The van der Waals surface area contributed by atoms with Crippen LogP contribution in [0.1, 0.15) is 12.8 Å². The smallest absolute Gasteiger partial charge is 0.285 e. The highest BCUT2D eigenvalue weighted by Gasteiger charge is 2.23. The van der Waals surface area contributed by atoms with Gasteiger partial charge in [-0.2, -0.15) is 0 Å². The normalized spacial score (nSPS) is 15.6. The molecule has 0 bridgehead atoms. The van der Waals surface area contributed by atoms with Gasteiger partial charge in [0.1, 0.15) is 5.52 Å². The Hall–Kier alpha value is -1.23. The quantitative estimate of drug-likeness (QED) is 0.845. The predicted molar refractivity (Wildman–Crippen MR) is 64.2 cm³/mol. The first-order valence-electron chi connectivity index (χ1n) is 5.27. The van der Waals surface area contributed by atoms with Crippen LogP contribution in [-0.4, -0.2) is 14.5 Å². The average Bonchev–Trinajstić information content (AvgIpc) is 3.08. The van der Waals surface area contributed by atoms with Gasteiger partial charge >= 0.3 is 0 Å². The van der Waals surface area contributed by atoms with E-state index in [-0.39, 0.29) is 5.56 Å². The lowest BCUT2D eigenvalue weighted by Gasteiger charge is -2.08. The van der Waals surface area contributed by atoms with Gasteiger partial charge in [-0.05, 0) is 46.8 Å². The fraction of sp³-hybridized carbons (Fsp3) is 0.364. The van der Waals surface area contributed by atoms with Crippen LogP contribution in [-0.2, 0) is 6.54 Å². The molecule has 0 radical (unpaired) electrons. The van der Waals surface area contributed by atoms with Crippen molar-refractivity contribution in [1.82, 2.24) is 14.5 Å². The summed E-state index contributed by atoms with van der Waals surface area (Å²) in [6.07, 6.45) is 4.11. The van der Waals surface area contributed by atoms with Crippen LogP contribution in [0, 0.1) is 5.92 Å². The van der Waals surface area contributed by atoms with Gasteiger partial charge in [-0.15, -0.1) is 0 Å². The van der Waals surface area contributed by atoms with Crippen molar-refractivity contribution in [1.29, 1.82) is 0 Å². The van der Waals surface area contributed by atoms with Gasteiger partial charge in [0, 0.05) is 12.7 Å². The Balaban J connectivity index is 2.27. The lowest BCUT2D eigenvalue weighted by atomic mass is 10.3. The second-order valence-electron chi connectivity index (χ2n) is 4.11. The molecule has 3 rings (SSSR count). The molecule has 0 unspecified atom stereocenters. The van der Waals surface area contributed by atoms with Crippen molar-refractivity contribution in [3.05, 3.63) is 33.3 Å². The maximum Gasteiger partial charge on any atom is 0.285 e. The van der Waals surface area contributed by atoms with Gasteiger partial charge in [0.2, 0.25) is 0 Å². The Labute approximate surface area is 100 Å². The summed E-state index contributed by atoms with van der Waals surface area (Å²) in [5.74, 6) is 0.636. The lowest BCUT2D eigenvalue weighted by molar-refractivity contribution is 0.616. The number of rotatable bonds is 2. The van der Waals surface area contributed by atoms with Crippen LogP contribution in [0.25, 0.3) is 11.2 Å². The predicted octanol–water partition coefficient (Wildman–Crippen LogP) is 1.96. The zero-order valence-electron chi connectivity index (χ0n) is 8.56. The number of aromatic nitrogens is 3. The number of hydrogen-bond acceptors (Lipinski definition) is 3. The molecule has 5 heteroatoms. The van der Waals surface area contributed by atoms with E-state index in [1.807, 2.05) is 12.1 Å². The maximum absolute atomic E-state index is 12.0. The van der Waals surface area contributed by atoms with Crippen molar-refractivity contribution < 1.29 is 0 Å². The van der Waals surface area contributed by atoms with Crippen molar-refractivity contribution in [3.8, 4) is 0 Å². The molecule has 1 aliphatic rings. The molecule has 0 spiro atoms. The van der Waals surface area contributed by atoms with E-state index in [0.29, 0.717) is 16.2 Å². The summed E-state index contributed by atoms with van der Waals surface area (Å²) in [5, 5.41) is 0. The van der Waals surface area contributed by atoms with Gasteiger partial charge in [-0.3, -0.25) is 9.36 Å². The third-order valence-electron chi connectivity index (χ3n) is 2.80. The van der Waals surface area contributed by atoms with E-state index in [9.17, 15) is 4.79 Å². The van der Waals surface area contributed by atoms with E-state index < -0.39 is 0 Å². The molecule has 2 aromatic rings. The van der Waals surface area contributed by atoms with E-state index in [0.717, 1.165) is 12.1 Å². The summed E-state index contributed by atoms with van der Waals surface area (Å²) in [5.41, 5.74) is 1.36. The van der Waals surface area contributed by atoms with Gasteiger partial charge in [-0.25, -0.2) is 9.97 Å². The first-order valence-corrected chi connectivity index (χ1v) is 6.06. The Morgan fingerprint density at radius 2 is 2.31 bits per heavy atom. The van der Waals surface area contributed by atoms with E-state index in [2.05, 4.69) is 25.9 Å². The summed E-state index contributed by atoms with van der Waals surface area (Å²) < 4.78 is 2.10. The van der Waals surface area contributed by atoms with E-state index in [1.165, 1.54) is 12.8 Å². The molecule has 1 aliphatic carbocycles. The Bertz CT molecular complexity index is 604. The van der Waals surface area contributed by atoms with Crippen molar-refractivity contribution in [3.63, 3.8) is 0 Å². The van der Waals surface area contributed by atoms with E-state index in [4.69, 9.17) is 0 Å². The van der Waals surface area contributed by atoms with Gasteiger partial charge in [0.05, 0.1) is 0 Å². The minimum absolute atomic E-state index is 0.0851. The van der Waals surface area contributed by atoms with Gasteiger partial charge in [0.25, 0.3) is 5.56 Å². The van der Waals surface area contributed by atoms with E-state index >= 15 is 0 Å². The average molecular weight is 280 g/mol. The Morgan fingerprint density at radius 3 is 3.06 bits per heavy atom. The van der Waals surface area contributed by atoms with Gasteiger partial charge in [0.15, 0.2) is 10.3 Å². The second kappa shape index (κ2) is 3.66. The molecule has 2 aromatic heterocycles. The minimum atomic E-state index is -0.0851. The number of pyridine rings is 1. The summed E-state index contributed by atoms with van der Waals surface area (Å²) >= 11 is 3.21. The molecular weight excluding hydrogens is 270 g/mol. The summed E-state index contributed by atoms with van der Waals surface area (Å²) in [7, 11) is 0. The maximum atomic E-state index is 12.0. The Morgan fingerprint density at radius 1 is 1.50 bits per heavy atom. The zero-order valence-corrected chi connectivity index (χ0v) is 10.1. The molecule has 0 saturated heterocycles. The first kappa shape index (κ1) is 9.96. The van der Waals surface area contributed by atoms with Crippen molar-refractivity contribution in [2.45, 2.75) is 19.4 Å². The second-order valence-corrected chi connectivity index (χ2v) is 4.86. The first-order chi connectivity index (χ1) is 7.75. The topological polar surface area (TPSA) is 47.8 Å². The molecule has 0 aliphatic heterocycles. The summed E-state index contributed by atoms with van der Waals surface area (Å²) in [6.45, 7) is 0.757. The fourth-order valence-electron chi connectivity index (χ4n) is 1.77. The largest absolute Gasteiger partial charge is 0.289 e.